The van der Waals surface area contributed by atoms with Gasteiger partial charge in [0.2, 0.25) is 0 Å². The lowest BCUT2D eigenvalue weighted by atomic mass is 9.81. The molecule has 0 aliphatic heterocycles. The molecule has 1 heterocycles. The first-order valence-electron chi connectivity index (χ1n) is 8.59. The van der Waals surface area contributed by atoms with Gasteiger partial charge in [0.1, 0.15) is 0 Å². The molecule has 25 heavy (non-hydrogen) atoms. The zero-order chi connectivity index (χ0) is 17.2. The van der Waals surface area contributed by atoms with Crippen LogP contribution in [0.5, 0.6) is 0 Å². The molecule has 1 aliphatic carbocycles. The number of para-hydroxylation sites is 1. The highest BCUT2D eigenvalue weighted by atomic mass is 79.9. The summed E-state index contributed by atoms with van der Waals surface area (Å²) in [7, 11) is 0. The van der Waals surface area contributed by atoms with Crippen LogP contribution in [0, 0.1) is 0 Å². The Morgan fingerprint density at radius 2 is 1.60 bits per heavy atom. The van der Waals surface area contributed by atoms with Crippen LogP contribution in [0.15, 0.2) is 77.3 Å². The van der Waals surface area contributed by atoms with Gasteiger partial charge in [0.25, 0.3) is 0 Å². The number of halogens is 1. The lowest BCUT2D eigenvalue weighted by Crippen LogP contribution is -2.14. The molecular weight excluding hydrogens is 370 g/mol. The molecule has 0 bridgehead atoms. The minimum Gasteiger partial charge on any atom is -0.309 e. The Hall–Kier alpha value is -2.32. The van der Waals surface area contributed by atoms with Gasteiger partial charge in [0.05, 0.1) is 11.2 Å². The molecule has 0 saturated heterocycles. The summed E-state index contributed by atoms with van der Waals surface area (Å²) < 4.78 is 3.52. The third-order valence-electron chi connectivity index (χ3n) is 5.42. The van der Waals surface area contributed by atoms with Crippen molar-refractivity contribution >= 4 is 26.8 Å². The zero-order valence-corrected chi connectivity index (χ0v) is 15.8. The topological polar surface area (TPSA) is 4.93 Å². The number of rotatable bonds is 1. The number of nitrogens with zero attached hydrogens (tertiary/aromatic N) is 1. The lowest BCUT2D eigenvalue weighted by Gasteiger charge is -2.21. The summed E-state index contributed by atoms with van der Waals surface area (Å²) in [5.74, 6) is 0. The molecule has 0 saturated carbocycles. The maximum absolute atomic E-state index is 3.63. The normalized spacial score (nSPS) is 14.5. The van der Waals surface area contributed by atoms with E-state index in [0.29, 0.717) is 0 Å². The highest BCUT2D eigenvalue weighted by Gasteiger charge is 2.40. The zero-order valence-electron chi connectivity index (χ0n) is 14.3. The Labute approximate surface area is 156 Å². The predicted octanol–water partition coefficient (Wildman–Crippen LogP) is 6.70. The van der Waals surface area contributed by atoms with E-state index in [4.69, 9.17) is 0 Å². The van der Waals surface area contributed by atoms with E-state index in [-0.39, 0.29) is 5.41 Å². The van der Waals surface area contributed by atoms with E-state index in [1.165, 1.54) is 39.0 Å². The van der Waals surface area contributed by atoms with Crippen molar-refractivity contribution in [2.75, 3.05) is 0 Å². The van der Waals surface area contributed by atoms with Crippen molar-refractivity contribution in [1.82, 2.24) is 4.57 Å². The molecule has 3 aromatic carbocycles. The van der Waals surface area contributed by atoms with Gasteiger partial charge >= 0.3 is 0 Å². The fraction of sp³-hybridized carbons (Fsp3) is 0.130. The Morgan fingerprint density at radius 3 is 2.44 bits per heavy atom. The molecule has 0 amide bonds. The maximum atomic E-state index is 3.63. The molecule has 5 rings (SSSR count). The number of hydrogen-bond donors (Lipinski definition) is 0. The molecule has 0 unspecified atom stereocenters. The van der Waals surface area contributed by atoms with Crippen molar-refractivity contribution < 1.29 is 0 Å². The quantitative estimate of drug-likeness (QED) is 0.342. The monoisotopic (exact) mass is 387 g/mol. The maximum Gasteiger partial charge on any atom is 0.0585 e. The van der Waals surface area contributed by atoms with Crippen LogP contribution in [0.2, 0.25) is 0 Å². The lowest BCUT2D eigenvalue weighted by molar-refractivity contribution is 0.666. The van der Waals surface area contributed by atoms with E-state index in [1.54, 1.807) is 0 Å². The molecule has 2 heteroatoms. The summed E-state index contributed by atoms with van der Waals surface area (Å²) in [6, 6.07) is 26.2. The number of fused-ring (bicyclic) bond motifs is 5. The number of aromatic nitrogens is 1. The van der Waals surface area contributed by atoms with Crippen LogP contribution < -0.4 is 0 Å². The summed E-state index contributed by atoms with van der Waals surface area (Å²) in [6.07, 6.45) is 0. The van der Waals surface area contributed by atoms with Gasteiger partial charge < -0.3 is 4.57 Å². The van der Waals surface area contributed by atoms with Crippen LogP contribution >= 0.6 is 15.9 Å². The SMILES string of the molecule is CC1(C)c2ccccc2-c2c1c1ccccc1n2-c1cccc(Br)c1. The third-order valence-corrected chi connectivity index (χ3v) is 5.91. The first-order valence-corrected chi connectivity index (χ1v) is 9.38. The molecule has 0 N–H and O–H groups in total. The molecule has 1 aromatic heterocycles. The van der Waals surface area contributed by atoms with E-state index in [9.17, 15) is 0 Å². The van der Waals surface area contributed by atoms with E-state index in [0.717, 1.165) is 4.47 Å². The second kappa shape index (κ2) is 5.09. The smallest absolute Gasteiger partial charge is 0.0585 e. The Morgan fingerprint density at radius 1 is 0.840 bits per heavy atom. The fourth-order valence-electron chi connectivity index (χ4n) is 4.38. The Bertz CT molecular complexity index is 1130. The van der Waals surface area contributed by atoms with Gasteiger partial charge in [-0.15, -0.1) is 0 Å². The molecule has 1 aliphatic rings. The summed E-state index contributed by atoms with van der Waals surface area (Å²) in [5, 5.41) is 1.35. The van der Waals surface area contributed by atoms with Crippen LogP contribution in [0.1, 0.15) is 25.0 Å². The number of benzene rings is 3. The van der Waals surface area contributed by atoms with E-state index in [2.05, 4.69) is 107 Å². The molecule has 122 valence electrons. The highest BCUT2D eigenvalue weighted by Crippen LogP contribution is 2.53. The van der Waals surface area contributed by atoms with Crippen molar-refractivity contribution in [3.63, 3.8) is 0 Å². The van der Waals surface area contributed by atoms with Crippen LogP contribution in [0.3, 0.4) is 0 Å². The third kappa shape index (κ3) is 1.95. The molecule has 0 atom stereocenters. The van der Waals surface area contributed by atoms with Crippen molar-refractivity contribution in [3.05, 3.63) is 88.4 Å². The Kier molecular flexibility index (Phi) is 3.05. The Balaban J connectivity index is 2.00. The van der Waals surface area contributed by atoms with Gasteiger partial charge in [0.15, 0.2) is 0 Å². The second-order valence-corrected chi connectivity index (χ2v) is 8.14. The molecule has 0 spiro atoms. The number of hydrogen-bond acceptors (Lipinski definition) is 0. The van der Waals surface area contributed by atoms with Gasteiger partial charge in [-0.2, -0.15) is 0 Å². The minimum absolute atomic E-state index is 0.00277. The van der Waals surface area contributed by atoms with Crippen molar-refractivity contribution in [1.29, 1.82) is 0 Å². The molecule has 4 aromatic rings. The van der Waals surface area contributed by atoms with E-state index >= 15 is 0 Å². The highest BCUT2D eigenvalue weighted by molar-refractivity contribution is 9.10. The first kappa shape index (κ1) is 15.0. The fourth-order valence-corrected chi connectivity index (χ4v) is 4.77. The van der Waals surface area contributed by atoms with E-state index < -0.39 is 0 Å². The van der Waals surface area contributed by atoms with Gasteiger partial charge in [-0.1, -0.05) is 78.3 Å². The average molecular weight is 388 g/mol. The van der Waals surface area contributed by atoms with Crippen LogP contribution in [-0.2, 0) is 5.41 Å². The summed E-state index contributed by atoms with van der Waals surface area (Å²) in [4.78, 5) is 0. The molecule has 1 nitrogen and oxygen atoms in total. The van der Waals surface area contributed by atoms with Gasteiger partial charge in [-0.05, 0) is 35.4 Å². The predicted molar refractivity (Wildman–Crippen MR) is 109 cm³/mol. The van der Waals surface area contributed by atoms with Gasteiger partial charge in [0, 0.05) is 26.5 Å². The second-order valence-electron chi connectivity index (χ2n) is 7.23. The minimum atomic E-state index is 0.00277. The van der Waals surface area contributed by atoms with Crippen molar-refractivity contribution in [2.24, 2.45) is 0 Å². The van der Waals surface area contributed by atoms with E-state index in [1.807, 2.05) is 0 Å². The average Bonchev–Trinajstić information content (AvgIpc) is 3.07. The summed E-state index contributed by atoms with van der Waals surface area (Å²) in [6.45, 7) is 4.69. The molecule has 0 radical (unpaired) electrons. The molecule has 0 fully saturated rings. The van der Waals surface area contributed by atoms with Crippen molar-refractivity contribution in [3.8, 4) is 16.9 Å². The van der Waals surface area contributed by atoms with Crippen LogP contribution in [0.4, 0.5) is 0 Å². The first-order chi connectivity index (χ1) is 12.1. The molecular formula is C23H18BrN. The van der Waals surface area contributed by atoms with Gasteiger partial charge in [-0.25, -0.2) is 0 Å². The standard InChI is InChI=1S/C23H18BrN/c1-23(2)19-12-5-3-10-17(19)22-21(23)18-11-4-6-13-20(18)25(22)16-9-7-8-15(24)14-16/h3-14H,1-2H3. The summed E-state index contributed by atoms with van der Waals surface area (Å²) >= 11 is 3.63. The van der Waals surface area contributed by atoms with Crippen LogP contribution in [-0.4, -0.2) is 4.57 Å². The largest absolute Gasteiger partial charge is 0.309 e. The van der Waals surface area contributed by atoms with Crippen LogP contribution in [0.25, 0.3) is 27.8 Å². The van der Waals surface area contributed by atoms with Gasteiger partial charge in [-0.3, -0.25) is 0 Å². The summed E-state index contributed by atoms with van der Waals surface area (Å²) in [5.41, 5.74) is 7.99. The van der Waals surface area contributed by atoms with Crippen molar-refractivity contribution in [2.45, 2.75) is 19.3 Å².